The summed E-state index contributed by atoms with van der Waals surface area (Å²) in [5.74, 6) is 2.37. The second-order valence-electron chi connectivity index (χ2n) is 5.10. The second kappa shape index (κ2) is 5.21. The number of benzene rings is 1. The van der Waals surface area contributed by atoms with Crippen LogP contribution in [0.4, 0.5) is 0 Å². The third-order valence-electron chi connectivity index (χ3n) is 3.75. The molecule has 4 nitrogen and oxygen atoms in total. The lowest BCUT2D eigenvalue weighted by Crippen LogP contribution is -2.23. The Kier molecular flexibility index (Phi) is 3.40. The zero-order chi connectivity index (χ0) is 14.1. The third-order valence-corrected chi connectivity index (χ3v) is 3.75. The van der Waals surface area contributed by atoms with E-state index < -0.39 is 0 Å². The maximum absolute atomic E-state index is 5.96. The molecule has 1 aromatic carbocycles. The van der Waals surface area contributed by atoms with E-state index in [2.05, 4.69) is 24.1 Å². The summed E-state index contributed by atoms with van der Waals surface area (Å²) in [6.45, 7) is 2.04. The molecule has 0 amide bonds. The highest BCUT2D eigenvalue weighted by molar-refractivity contribution is 5.85. The van der Waals surface area contributed by atoms with E-state index >= 15 is 0 Å². The SMILES string of the molecule is COc1cc2cc(C3=CCN(C)CC3)oc2cc1OC. The van der Waals surface area contributed by atoms with Crippen LogP contribution in [0.1, 0.15) is 12.2 Å². The fraction of sp³-hybridized carbons (Fsp3) is 0.375. The number of nitrogens with zero attached hydrogens (tertiary/aromatic N) is 1. The van der Waals surface area contributed by atoms with Crippen LogP contribution in [0, 0.1) is 0 Å². The molecular formula is C16H19NO3. The van der Waals surface area contributed by atoms with Gasteiger partial charge in [-0.25, -0.2) is 0 Å². The summed E-state index contributed by atoms with van der Waals surface area (Å²) in [4.78, 5) is 2.29. The lowest BCUT2D eigenvalue weighted by atomic mass is 10.1. The molecule has 2 heterocycles. The highest BCUT2D eigenvalue weighted by atomic mass is 16.5. The van der Waals surface area contributed by atoms with E-state index in [0.29, 0.717) is 5.75 Å². The predicted molar refractivity (Wildman–Crippen MR) is 79.4 cm³/mol. The van der Waals surface area contributed by atoms with E-state index in [-0.39, 0.29) is 0 Å². The van der Waals surface area contributed by atoms with Gasteiger partial charge in [-0.05, 0) is 31.2 Å². The van der Waals surface area contributed by atoms with Crippen LogP contribution in [0.15, 0.2) is 28.7 Å². The molecule has 0 atom stereocenters. The van der Waals surface area contributed by atoms with Gasteiger partial charge in [0, 0.05) is 24.5 Å². The van der Waals surface area contributed by atoms with Gasteiger partial charge in [-0.15, -0.1) is 0 Å². The fourth-order valence-corrected chi connectivity index (χ4v) is 2.52. The Bertz CT molecular complexity index is 616. The summed E-state index contributed by atoms with van der Waals surface area (Å²) < 4.78 is 16.6. The van der Waals surface area contributed by atoms with E-state index in [4.69, 9.17) is 13.9 Å². The number of rotatable bonds is 3. The van der Waals surface area contributed by atoms with E-state index in [1.165, 1.54) is 5.57 Å². The Balaban J connectivity index is 2.02. The van der Waals surface area contributed by atoms with Gasteiger partial charge in [0.1, 0.15) is 11.3 Å². The van der Waals surface area contributed by atoms with Gasteiger partial charge in [0.15, 0.2) is 11.5 Å². The molecule has 0 bridgehead atoms. The summed E-state index contributed by atoms with van der Waals surface area (Å²) in [6, 6.07) is 5.91. The molecule has 106 valence electrons. The number of furan rings is 1. The molecule has 0 spiro atoms. The molecule has 0 fully saturated rings. The Hall–Kier alpha value is -1.94. The van der Waals surface area contributed by atoms with Crippen molar-refractivity contribution >= 4 is 16.5 Å². The average molecular weight is 273 g/mol. The highest BCUT2D eigenvalue weighted by Crippen LogP contribution is 2.36. The van der Waals surface area contributed by atoms with Crippen molar-refractivity contribution in [3.8, 4) is 11.5 Å². The maximum Gasteiger partial charge on any atom is 0.164 e. The van der Waals surface area contributed by atoms with Crippen LogP contribution in [-0.2, 0) is 0 Å². The standard InChI is InChI=1S/C16H19NO3/c1-17-6-4-11(5-7-17)13-8-12-9-15(18-2)16(19-3)10-14(12)20-13/h4,8-10H,5-7H2,1-3H3. The van der Waals surface area contributed by atoms with Gasteiger partial charge in [0.2, 0.25) is 0 Å². The van der Waals surface area contributed by atoms with Crippen molar-refractivity contribution in [3.05, 3.63) is 30.0 Å². The van der Waals surface area contributed by atoms with Crippen molar-refractivity contribution in [3.63, 3.8) is 0 Å². The summed E-state index contributed by atoms with van der Waals surface area (Å²) in [5, 5.41) is 1.04. The van der Waals surface area contributed by atoms with Crippen molar-refractivity contribution in [2.24, 2.45) is 0 Å². The van der Waals surface area contributed by atoms with Gasteiger partial charge in [-0.1, -0.05) is 6.08 Å². The normalized spacial score (nSPS) is 16.2. The van der Waals surface area contributed by atoms with Gasteiger partial charge in [-0.3, -0.25) is 0 Å². The molecule has 20 heavy (non-hydrogen) atoms. The minimum absolute atomic E-state index is 0.693. The molecule has 1 aliphatic rings. The molecule has 0 N–H and O–H groups in total. The first-order chi connectivity index (χ1) is 9.71. The number of likely N-dealkylation sites (N-methyl/N-ethyl adjacent to an activating group) is 1. The van der Waals surface area contributed by atoms with Crippen LogP contribution in [0.5, 0.6) is 11.5 Å². The van der Waals surface area contributed by atoms with Crippen LogP contribution in [0.25, 0.3) is 16.5 Å². The molecule has 0 saturated heterocycles. The van der Waals surface area contributed by atoms with Gasteiger partial charge < -0.3 is 18.8 Å². The smallest absolute Gasteiger partial charge is 0.164 e. The summed E-state index contributed by atoms with van der Waals surface area (Å²) >= 11 is 0. The van der Waals surface area contributed by atoms with E-state index in [1.807, 2.05) is 12.1 Å². The first-order valence-corrected chi connectivity index (χ1v) is 6.75. The lowest BCUT2D eigenvalue weighted by molar-refractivity contribution is 0.355. The zero-order valence-electron chi connectivity index (χ0n) is 12.1. The Morgan fingerprint density at radius 2 is 1.85 bits per heavy atom. The second-order valence-corrected chi connectivity index (χ2v) is 5.10. The fourth-order valence-electron chi connectivity index (χ4n) is 2.52. The summed E-state index contributed by atoms with van der Waals surface area (Å²) in [6.07, 6.45) is 3.25. The largest absolute Gasteiger partial charge is 0.493 e. The molecule has 4 heteroatoms. The molecule has 0 aliphatic carbocycles. The zero-order valence-corrected chi connectivity index (χ0v) is 12.1. The van der Waals surface area contributed by atoms with Crippen LogP contribution in [-0.4, -0.2) is 39.3 Å². The molecule has 2 aromatic rings. The van der Waals surface area contributed by atoms with Crippen molar-refractivity contribution in [2.75, 3.05) is 34.4 Å². The third kappa shape index (κ3) is 2.27. The van der Waals surface area contributed by atoms with Crippen LogP contribution >= 0.6 is 0 Å². The van der Waals surface area contributed by atoms with Crippen molar-refractivity contribution in [1.82, 2.24) is 4.90 Å². The molecule has 0 radical (unpaired) electrons. The lowest BCUT2D eigenvalue weighted by Gasteiger charge is -2.20. The van der Waals surface area contributed by atoms with E-state index in [9.17, 15) is 0 Å². The minimum Gasteiger partial charge on any atom is -0.493 e. The molecule has 0 saturated carbocycles. The van der Waals surface area contributed by atoms with E-state index in [1.54, 1.807) is 14.2 Å². The quantitative estimate of drug-likeness (QED) is 0.860. The molecule has 1 aliphatic heterocycles. The van der Waals surface area contributed by atoms with Crippen molar-refractivity contribution in [2.45, 2.75) is 6.42 Å². The number of ether oxygens (including phenoxy) is 2. The van der Waals surface area contributed by atoms with Gasteiger partial charge in [0.25, 0.3) is 0 Å². The maximum atomic E-state index is 5.96. The van der Waals surface area contributed by atoms with Gasteiger partial charge >= 0.3 is 0 Å². The summed E-state index contributed by atoms with van der Waals surface area (Å²) in [5.41, 5.74) is 2.11. The predicted octanol–water partition coefficient (Wildman–Crippen LogP) is 3.17. The Morgan fingerprint density at radius 3 is 2.50 bits per heavy atom. The number of hydrogen-bond acceptors (Lipinski definition) is 4. The minimum atomic E-state index is 0.693. The number of fused-ring (bicyclic) bond motifs is 1. The average Bonchev–Trinajstić information content (AvgIpc) is 2.89. The van der Waals surface area contributed by atoms with Crippen molar-refractivity contribution < 1.29 is 13.9 Å². The monoisotopic (exact) mass is 273 g/mol. The van der Waals surface area contributed by atoms with Crippen LogP contribution in [0.3, 0.4) is 0 Å². The van der Waals surface area contributed by atoms with Crippen molar-refractivity contribution in [1.29, 1.82) is 0 Å². The van der Waals surface area contributed by atoms with Crippen LogP contribution in [0.2, 0.25) is 0 Å². The molecular weight excluding hydrogens is 254 g/mol. The van der Waals surface area contributed by atoms with Gasteiger partial charge in [0.05, 0.1) is 14.2 Å². The number of methoxy groups -OCH3 is 2. The Labute approximate surface area is 118 Å². The first-order valence-electron chi connectivity index (χ1n) is 6.75. The Morgan fingerprint density at radius 1 is 1.10 bits per heavy atom. The molecule has 1 aromatic heterocycles. The van der Waals surface area contributed by atoms with Crippen LogP contribution < -0.4 is 9.47 Å². The van der Waals surface area contributed by atoms with Gasteiger partial charge in [-0.2, -0.15) is 0 Å². The summed E-state index contributed by atoms with van der Waals surface area (Å²) in [7, 11) is 5.40. The molecule has 0 unspecified atom stereocenters. The molecule has 3 rings (SSSR count). The van der Waals surface area contributed by atoms with E-state index in [0.717, 1.165) is 42.0 Å². The number of hydrogen-bond donors (Lipinski definition) is 0. The first kappa shape index (κ1) is 13.1. The topological polar surface area (TPSA) is 34.8 Å². The highest BCUT2D eigenvalue weighted by Gasteiger charge is 2.15.